The van der Waals surface area contributed by atoms with Crippen molar-refractivity contribution in [3.05, 3.63) is 151 Å². The van der Waals surface area contributed by atoms with Crippen molar-refractivity contribution >= 4 is 41.2 Å². The van der Waals surface area contributed by atoms with Gasteiger partial charge in [-0.05, 0) is 46.8 Å². The summed E-state index contributed by atoms with van der Waals surface area (Å²) >= 11 is 0. The van der Waals surface area contributed by atoms with Crippen molar-refractivity contribution in [3.63, 3.8) is 0 Å². The van der Waals surface area contributed by atoms with Crippen molar-refractivity contribution in [2.45, 2.75) is 45.9 Å². The minimum atomic E-state index is -1.22. The summed E-state index contributed by atoms with van der Waals surface area (Å²) in [6.45, 7) is 11.6. The zero-order chi connectivity index (χ0) is 27.7. The molecule has 198 valence electrons. The fourth-order valence-corrected chi connectivity index (χ4v) is 9.42. The Kier molecular flexibility index (Phi) is 9.97. The molecular weight excluding hydrogens is 486 g/mol. The maximum absolute atomic E-state index is 2.36. The van der Waals surface area contributed by atoms with Crippen LogP contribution in [0.2, 0.25) is 0 Å². The second-order valence-electron chi connectivity index (χ2n) is 11.1. The number of rotatable bonds is 7. The Balaban J connectivity index is 0.000000215. The van der Waals surface area contributed by atoms with E-state index in [1.165, 1.54) is 27.4 Å². The monoisotopic (exact) mass is 528 g/mol. The first-order valence-corrected chi connectivity index (χ1v) is 15.9. The summed E-state index contributed by atoms with van der Waals surface area (Å²) in [5.41, 5.74) is 8.36. The van der Waals surface area contributed by atoms with E-state index in [-0.39, 0.29) is 7.92 Å². The average Bonchev–Trinajstić information content (AvgIpc) is 2.97. The zero-order valence-electron chi connectivity index (χ0n) is 24.1. The number of hydrogen-bond donors (Lipinski definition) is 0. The van der Waals surface area contributed by atoms with Crippen LogP contribution in [-0.2, 0) is 0 Å². The van der Waals surface area contributed by atoms with Crippen LogP contribution in [0, 0.1) is 6.92 Å². The van der Waals surface area contributed by atoms with E-state index in [0.717, 1.165) is 11.3 Å². The molecule has 0 fully saturated rings. The van der Waals surface area contributed by atoms with Crippen molar-refractivity contribution in [1.29, 1.82) is 0 Å². The predicted molar refractivity (Wildman–Crippen MR) is 179 cm³/mol. The van der Waals surface area contributed by atoms with Gasteiger partial charge in [-0.3, -0.25) is 0 Å². The highest BCUT2D eigenvalue weighted by atomic mass is 31.1. The third-order valence-electron chi connectivity index (χ3n) is 7.83. The average molecular weight is 529 g/mol. The van der Waals surface area contributed by atoms with E-state index in [2.05, 4.69) is 180 Å². The molecule has 5 rings (SSSR count). The van der Waals surface area contributed by atoms with Gasteiger partial charge in [-0.15, -0.1) is 0 Å². The topological polar surface area (TPSA) is 0 Å². The van der Waals surface area contributed by atoms with Gasteiger partial charge in [-0.25, -0.2) is 0 Å². The number of hydrogen-bond acceptors (Lipinski definition) is 0. The molecule has 5 aromatic rings. The first kappa shape index (κ1) is 28.6. The quantitative estimate of drug-likeness (QED) is 0.163. The molecule has 2 heteroatoms. The van der Waals surface area contributed by atoms with Crippen LogP contribution in [-0.4, -0.2) is 17.5 Å². The van der Waals surface area contributed by atoms with Gasteiger partial charge in [0.25, 0.3) is 0 Å². The van der Waals surface area contributed by atoms with Crippen LogP contribution >= 0.6 is 7.92 Å². The maximum Gasteiger partial charge on any atom is 0.108 e. The number of aryl methyl sites for hydroxylation is 1. The van der Waals surface area contributed by atoms with Crippen molar-refractivity contribution < 1.29 is 0 Å². The summed E-state index contributed by atoms with van der Waals surface area (Å²) in [6, 6.07) is 52.7. The molecule has 0 saturated heterocycles. The lowest BCUT2D eigenvalue weighted by atomic mass is 9.13. The summed E-state index contributed by atoms with van der Waals surface area (Å²) in [7, 11) is -0.373. The minimum absolute atomic E-state index is 0.373. The summed E-state index contributed by atoms with van der Waals surface area (Å²) in [4.78, 5) is 0. The first-order chi connectivity index (χ1) is 18.9. The van der Waals surface area contributed by atoms with Gasteiger partial charge < -0.3 is 0 Å². The van der Waals surface area contributed by atoms with E-state index in [4.69, 9.17) is 0 Å². The van der Waals surface area contributed by atoms with Crippen LogP contribution in [0.4, 0.5) is 0 Å². The summed E-state index contributed by atoms with van der Waals surface area (Å²) in [5, 5.41) is 1.59. The molecule has 0 bridgehead atoms. The summed E-state index contributed by atoms with van der Waals surface area (Å²) in [6.07, 6.45) is -1.22. The predicted octanol–water partition coefficient (Wildman–Crippen LogP) is 6.72. The highest BCUT2D eigenvalue weighted by Gasteiger charge is 2.31. The van der Waals surface area contributed by atoms with Crippen LogP contribution in [0.5, 0.6) is 0 Å². The van der Waals surface area contributed by atoms with Crippen LogP contribution in [0.15, 0.2) is 146 Å². The van der Waals surface area contributed by atoms with Crippen LogP contribution in [0.1, 0.15) is 33.3 Å². The largest absolute Gasteiger partial charge is 0.195 e. The number of benzene rings is 5. The Hall–Kier alpha value is -3.41. The molecule has 0 unspecified atom stereocenters. The van der Waals surface area contributed by atoms with E-state index < -0.39 is 6.15 Å². The van der Waals surface area contributed by atoms with Gasteiger partial charge in [-0.2, -0.15) is 21.9 Å². The molecular formula is C37H42BP. The van der Waals surface area contributed by atoms with Gasteiger partial charge in [0, 0.05) is 7.92 Å². The van der Waals surface area contributed by atoms with Gasteiger partial charge in [0.05, 0.1) is 16.6 Å². The summed E-state index contributed by atoms with van der Waals surface area (Å²) in [5.74, 6) is 0. The first-order valence-electron chi connectivity index (χ1n) is 14.3. The Morgan fingerprint density at radius 3 is 0.949 bits per heavy atom. The van der Waals surface area contributed by atoms with E-state index in [1.807, 2.05) is 0 Å². The second-order valence-corrected chi connectivity index (χ2v) is 14.9. The van der Waals surface area contributed by atoms with Gasteiger partial charge in [0.15, 0.2) is 0 Å². The van der Waals surface area contributed by atoms with Gasteiger partial charge in [-0.1, -0.05) is 139 Å². The second kappa shape index (κ2) is 13.6. The van der Waals surface area contributed by atoms with Crippen molar-refractivity contribution in [3.8, 4) is 0 Å². The van der Waals surface area contributed by atoms with E-state index in [9.17, 15) is 0 Å². The standard InChI is InChI=1S/C24H20B.C13H21P/c1-5-13-21(14-6-1)25(22-15-7-2-8-16-22,23-17-9-3-10-18-23)24-19-11-4-12-20-24;1-10(2)14(11(3)4)13-8-6-12(5)7-9-13/h1-20H;6-11H,1-5H3/q-1;/p+1. The van der Waals surface area contributed by atoms with Gasteiger partial charge >= 0.3 is 0 Å². The molecule has 0 aliphatic heterocycles. The van der Waals surface area contributed by atoms with E-state index in [0.29, 0.717) is 0 Å². The third-order valence-corrected chi connectivity index (χ3v) is 11.3. The molecule has 0 heterocycles. The molecule has 39 heavy (non-hydrogen) atoms. The minimum Gasteiger partial charge on any atom is -0.195 e. The molecule has 0 N–H and O–H groups in total. The van der Waals surface area contributed by atoms with Crippen LogP contribution < -0.4 is 27.2 Å². The fourth-order valence-electron chi connectivity index (χ4n) is 6.20. The molecule has 0 radical (unpaired) electrons. The molecule has 0 aliphatic rings. The van der Waals surface area contributed by atoms with Crippen molar-refractivity contribution in [2.24, 2.45) is 0 Å². The Morgan fingerprint density at radius 2 is 0.692 bits per heavy atom. The van der Waals surface area contributed by atoms with E-state index >= 15 is 0 Å². The molecule has 0 spiro atoms. The molecule has 0 aliphatic carbocycles. The highest BCUT2D eigenvalue weighted by molar-refractivity contribution is 7.66. The van der Waals surface area contributed by atoms with Crippen LogP contribution in [0.3, 0.4) is 0 Å². The smallest absolute Gasteiger partial charge is 0.108 e. The Bertz CT molecular complexity index is 1210. The lowest BCUT2D eigenvalue weighted by Gasteiger charge is -2.44. The maximum atomic E-state index is 2.36. The Morgan fingerprint density at radius 1 is 0.410 bits per heavy atom. The normalized spacial score (nSPS) is 11.4. The molecule has 5 aromatic carbocycles. The highest BCUT2D eigenvalue weighted by Crippen LogP contribution is 2.44. The lowest BCUT2D eigenvalue weighted by molar-refractivity contribution is 1.02. The SMILES string of the molecule is Cc1ccc([PH+](C(C)C)C(C)C)cc1.c1ccc([B-](c2ccccc2)(c2ccccc2)c2ccccc2)cc1. The van der Waals surface area contributed by atoms with E-state index in [1.54, 1.807) is 5.30 Å². The molecule has 0 saturated carbocycles. The molecule has 0 amide bonds. The van der Waals surface area contributed by atoms with Gasteiger partial charge in [0.2, 0.25) is 0 Å². The summed E-state index contributed by atoms with van der Waals surface area (Å²) < 4.78 is 0. The molecule has 0 nitrogen and oxygen atoms in total. The van der Waals surface area contributed by atoms with Gasteiger partial charge in [0.1, 0.15) is 6.15 Å². The third kappa shape index (κ3) is 6.61. The molecule has 0 atom stereocenters. The molecule has 0 aromatic heterocycles. The van der Waals surface area contributed by atoms with Crippen molar-refractivity contribution in [2.75, 3.05) is 0 Å². The van der Waals surface area contributed by atoms with Crippen LogP contribution in [0.25, 0.3) is 0 Å². The lowest BCUT2D eigenvalue weighted by Crippen LogP contribution is -2.74. The Labute approximate surface area is 237 Å². The fraction of sp³-hybridized carbons (Fsp3) is 0.189. The zero-order valence-corrected chi connectivity index (χ0v) is 25.1. The van der Waals surface area contributed by atoms with Crippen molar-refractivity contribution in [1.82, 2.24) is 0 Å².